The van der Waals surface area contributed by atoms with Crippen LogP contribution in [0.3, 0.4) is 0 Å². The Morgan fingerprint density at radius 1 is 1.05 bits per heavy atom. The molecule has 0 radical (unpaired) electrons. The number of hydrogen-bond acceptors (Lipinski definition) is 5. The molecule has 2 rings (SSSR count). The van der Waals surface area contributed by atoms with Gasteiger partial charge in [-0.05, 0) is 30.5 Å². The fraction of sp³-hybridized carbons (Fsp3) is 0.333. The molecule has 1 aromatic carbocycles. The summed E-state index contributed by atoms with van der Waals surface area (Å²) >= 11 is 0. The number of benzene rings is 1. The van der Waals surface area contributed by atoms with Crippen molar-refractivity contribution in [2.45, 2.75) is 33.1 Å². The molecule has 1 heterocycles. The van der Waals surface area contributed by atoms with E-state index in [-0.39, 0.29) is 0 Å². The zero-order valence-corrected chi connectivity index (χ0v) is 12.0. The molecule has 0 unspecified atom stereocenters. The number of nitrogens with two attached hydrogens (primary N) is 1. The summed E-state index contributed by atoms with van der Waals surface area (Å²) in [6.07, 6.45) is 4.57. The summed E-state index contributed by atoms with van der Waals surface area (Å²) in [6, 6.07) is 8.42. The van der Waals surface area contributed by atoms with E-state index >= 15 is 0 Å². The summed E-state index contributed by atoms with van der Waals surface area (Å²) in [6.45, 7) is 4.23. The Balaban J connectivity index is 2.21. The molecule has 4 N–H and O–H groups in total. The van der Waals surface area contributed by atoms with Gasteiger partial charge in [-0.2, -0.15) is 0 Å². The molecule has 0 bridgehead atoms. The lowest BCUT2D eigenvalue weighted by molar-refractivity contribution is 0.922. The summed E-state index contributed by atoms with van der Waals surface area (Å²) in [5, 5.41) is 3.32. The highest BCUT2D eigenvalue weighted by Crippen LogP contribution is 2.23. The van der Waals surface area contributed by atoms with Gasteiger partial charge in [0.25, 0.3) is 0 Å². The molecule has 0 atom stereocenters. The highest BCUT2D eigenvalue weighted by atomic mass is 15.3. The van der Waals surface area contributed by atoms with Gasteiger partial charge in [0.1, 0.15) is 18.0 Å². The summed E-state index contributed by atoms with van der Waals surface area (Å²) < 4.78 is 0. The van der Waals surface area contributed by atoms with E-state index in [1.54, 1.807) is 0 Å². The summed E-state index contributed by atoms with van der Waals surface area (Å²) in [7, 11) is 0. The van der Waals surface area contributed by atoms with Gasteiger partial charge >= 0.3 is 0 Å². The molecule has 0 spiro atoms. The van der Waals surface area contributed by atoms with E-state index in [9.17, 15) is 0 Å². The van der Waals surface area contributed by atoms with Crippen LogP contribution >= 0.6 is 0 Å². The van der Waals surface area contributed by atoms with Crippen molar-refractivity contribution in [1.29, 1.82) is 0 Å². The maximum atomic E-state index is 5.47. The Labute approximate surface area is 119 Å². The van der Waals surface area contributed by atoms with Crippen LogP contribution in [0.4, 0.5) is 17.3 Å². The molecule has 0 aliphatic carbocycles. The molecule has 1 aromatic heterocycles. The van der Waals surface area contributed by atoms with E-state index in [1.807, 2.05) is 0 Å². The third-order valence-electron chi connectivity index (χ3n) is 3.19. The predicted molar refractivity (Wildman–Crippen MR) is 82.9 cm³/mol. The van der Waals surface area contributed by atoms with E-state index in [0.29, 0.717) is 5.82 Å². The zero-order chi connectivity index (χ0) is 14.4. The summed E-state index contributed by atoms with van der Waals surface area (Å²) in [5.41, 5.74) is 5.95. The maximum Gasteiger partial charge on any atom is 0.148 e. The van der Waals surface area contributed by atoms with E-state index in [2.05, 4.69) is 58.8 Å². The molecular weight excluding hydrogens is 250 g/mol. The van der Waals surface area contributed by atoms with Crippen LogP contribution in [0, 0.1) is 0 Å². The lowest BCUT2D eigenvalue weighted by Gasteiger charge is -2.13. The fourth-order valence-corrected chi connectivity index (χ4v) is 2.16. The van der Waals surface area contributed by atoms with Crippen LogP contribution in [-0.2, 0) is 12.8 Å². The highest BCUT2D eigenvalue weighted by Gasteiger charge is 2.08. The van der Waals surface area contributed by atoms with Crippen LogP contribution in [-0.4, -0.2) is 9.97 Å². The Kier molecular flexibility index (Phi) is 4.90. The van der Waals surface area contributed by atoms with Gasteiger partial charge in [-0.25, -0.2) is 15.8 Å². The van der Waals surface area contributed by atoms with E-state index in [0.717, 1.165) is 36.3 Å². The van der Waals surface area contributed by atoms with Gasteiger partial charge < -0.3 is 10.7 Å². The van der Waals surface area contributed by atoms with E-state index < -0.39 is 0 Å². The lowest BCUT2D eigenvalue weighted by atomic mass is 10.1. The lowest BCUT2D eigenvalue weighted by Crippen LogP contribution is -2.13. The number of rotatable bonds is 6. The Morgan fingerprint density at radius 2 is 1.75 bits per heavy atom. The van der Waals surface area contributed by atoms with Crippen molar-refractivity contribution in [3.63, 3.8) is 0 Å². The van der Waals surface area contributed by atoms with Crippen molar-refractivity contribution in [2.24, 2.45) is 5.84 Å². The van der Waals surface area contributed by atoms with Gasteiger partial charge in [0.15, 0.2) is 0 Å². The van der Waals surface area contributed by atoms with Gasteiger partial charge in [0.05, 0.1) is 0 Å². The van der Waals surface area contributed by atoms with Gasteiger partial charge in [-0.3, -0.25) is 0 Å². The fourth-order valence-electron chi connectivity index (χ4n) is 2.16. The SMILES string of the molecule is CCCc1ccc(Nc2ncnc(NN)c2CC)cc1. The van der Waals surface area contributed by atoms with Gasteiger partial charge in [-0.15, -0.1) is 0 Å². The second kappa shape index (κ2) is 6.86. The molecule has 0 aliphatic rings. The number of nitrogens with one attached hydrogen (secondary N) is 2. The molecular formula is C15H21N5. The minimum absolute atomic E-state index is 0.660. The van der Waals surface area contributed by atoms with Crippen LogP contribution in [0.15, 0.2) is 30.6 Å². The second-order valence-corrected chi connectivity index (χ2v) is 4.62. The summed E-state index contributed by atoms with van der Waals surface area (Å²) in [4.78, 5) is 8.42. The van der Waals surface area contributed by atoms with Crippen LogP contribution in [0.1, 0.15) is 31.4 Å². The monoisotopic (exact) mass is 271 g/mol. The number of nitrogens with zero attached hydrogens (tertiary/aromatic N) is 2. The first kappa shape index (κ1) is 14.3. The molecule has 0 fully saturated rings. The first-order valence-electron chi connectivity index (χ1n) is 6.94. The first-order valence-corrected chi connectivity index (χ1v) is 6.94. The molecule has 5 heteroatoms. The molecule has 0 saturated carbocycles. The molecule has 0 saturated heterocycles. The number of hydrazine groups is 1. The predicted octanol–water partition coefficient (Wildman–Crippen LogP) is 3.02. The third-order valence-corrected chi connectivity index (χ3v) is 3.19. The van der Waals surface area contributed by atoms with Crippen LogP contribution < -0.4 is 16.6 Å². The van der Waals surface area contributed by atoms with E-state index in [1.165, 1.54) is 11.9 Å². The quantitative estimate of drug-likeness (QED) is 0.556. The maximum absolute atomic E-state index is 5.47. The standard InChI is InChI=1S/C15H21N5/c1-3-5-11-6-8-12(9-7-11)19-14-13(4-2)15(20-16)18-10-17-14/h6-10H,3-5,16H2,1-2H3,(H2,17,18,19,20). The Bertz CT molecular complexity index is 551. The van der Waals surface area contributed by atoms with Crippen molar-refractivity contribution < 1.29 is 0 Å². The van der Waals surface area contributed by atoms with Crippen molar-refractivity contribution in [3.8, 4) is 0 Å². The number of aryl methyl sites for hydroxylation is 1. The van der Waals surface area contributed by atoms with Crippen molar-refractivity contribution in [2.75, 3.05) is 10.7 Å². The van der Waals surface area contributed by atoms with Gasteiger partial charge in [-0.1, -0.05) is 32.4 Å². The second-order valence-electron chi connectivity index (χ2n) is 4.62. The van der Waals surface area contributed by atoms with Gasteiger partial charge in [0, 0.05) is 11.3 Å². The molecule has 106 valence electrons. The van der Waals surface area contributed by atoms with E-state index in [4.69, 9.17) is 5.84 Å². The van der Waals surface area contributed by atoms with Crippen molar-refractivity contribution >= 4 is 17.3 Å². The molecule has 0 amide bonds. The molecule has 2 aromatic rings. The zero-order valence-electron chi connectivity index (χ0n) is 12.0. The molecule has 20 heavy (non-hydrogen) atoms. The first-order chi connectivity index (χ1) is 9.78. The largest absolute Gasteiger partial charge is 0.340 e. The normalized spacial score (nSPS) is 10.3. The Hall–Kier alpha value is -2.14. The van der Waals surface area contributed by atoms with Gasteiger partial charge in [0.2, 0.25) is 0 Å². The van der Waals surface area contributed by atoms with Crippen LogP contribution in [0.2, 0.25) is 0 Å². The number of hydrogen-bond donors (Lipinski definition) is 3. The topological polar surface area (TPSA) is 75.9 Å². The number of aromatic nitrogens is 2. The number of anilines is 3. The molecule has 5 nitrogen and oxygen atoms in total. The minimum Gasteiger partial charge on any atom is -0.340 e. The Morgan fingerprint density at radius 3 is 2.35 bits per heavy atom. The average Bonchev–Trinajstić information content (AvgIpc) is 2.49. The smallest absolute Gasteiger partial charge is 0.148 e. The minimum atomic E-state index is 0.660. The summed E-state index contributed by atoms with van der Waals surface area (Å²) in [5.74, 6) is 6.92. The average molecular weight is 271 g/mol. The third kappa shape index (κ3) is 3.24. The molecule has 0 aliphatic heterocycles. The highest BCUT2D eigenvalue weighted by molar-refractivity contribution is 5.64. The number of nitrogen functional groups attached to an aromatic ring is 1. The van der Waals surface area contributed by atoms with Crippen LogP contribution in [0.25, 0.3) is 0 Å². The van der Waals surface area contributed by atoms with Crippen LogP contribution in [0.5, 0.6) is 0 Å². The van der Waals surface area contributed by atoms with Crippen molar-refractivity contribution in [1.82, 2.24) is 9.97 Å². The van der Waals surface area contributed by atoms with Crippen molar-refractivity contribution in [3.05, 3.63) is 41.7 Å².